The molecule has 8 nitrogen and oxygen atoms in total. The van der Waals surface area contributed by atoms with E-state index in [0.29, 0.717) is 30.8 Å². The fraction of sp³-hybridized carbons (Fsp3) is 0.429. The van der Waals surface area contributed by atoms with Crippen LogP contribution in [0.25, 0.3) is 11.2 Å². The van der Waals surface area contributed by atoms with E-state index in [1.807, 2.05) is 0 Å². The van der Waals surface area contributed by atoms with E-state index in [1.54, 1.807) is 30.2 Å². The number of nitrogens with zero attached hydrogens (tertiary/aromatic N) is 5. The highest BCUT2D eigenvalue weighted by molar-refractivity contribution is 7.88. The minimum atomic E-state index is -3.26. The summed E-state index contributed by atoms with van der Waals surface area (Å²) in [5.41, 5.74) is 1.33. The van der Waals surface area contributed by atoms with Crippen LogP contribution < -0.4 is 0 Å². The summed E-state index contributed by atoms with van der Waals surface area (Å²) in [7, 11) is -3.26. The van der Waals surface area contributed by atoms with Gasteiger partial charge in [0.25, 0.3) is 5.91 Å². The Kier molecular flexibility index (Phi) is 3.99. The zero-order valence-electron chi connectivity index (χ0n) is 12.9. The predicted octanol–water partition coefficient (Wildman–Crippen LogP) is 0.131. The largest absolute Gasteiger partial charge is 0.334 e. The van der Waals surface area contributed by atoms with E-state index < -0.39 is 10.0 Å². The number of rotatable bonds is 2. The summed E-state index contributed by atoms with van der Waals surface area (Å²) in [5, 5.41) is 0. The van der Waals surface area contributed by atoms with Gasteiger partial charge in [-0.25, -0.2) is 18.4 Å². The van der Waals surface area contributed by atoms with E-state index in [9.17, 15) is 13.2 Å². The van der Waals surface area contributed by atoms with Crippen molar-refractivity contribution in [3.8, 4) is 0 Å². The maximum Gasteiger partial charge on any atom is 0.272 e. The third-order valence-electron chi connectivity index (χ3n) is 3.83. The number of fused-ring (bicyclic) bond motifs is 1. The number of piperazine rings is 1. The molecule has 1 fully saturated rings. The minimum absolute atomic E-state index is 0.224. The van der Waals surface area contributed by atoms with Gasteiger partial charge in [0.15, 0.2) is 5.65 Å². The molecule has 1 aliphatic heterocycles. The molecule has 0 unspecified atom stereocenters. The molecule has 122 valence electrons. The van der Waals surface area contributed by atoms with Crippen molar-refractivity contribution in [2.45, 2.75) is 13.0 Å². The SMILES string of the molecule is C[C@H]1CN(C(=O)c2ccc3nccnc3n2)CCN1S(C)(=O)=O. The number of hydrogen-bond acceptors (Lipinski definition) is 6. The van der Waals surface area contributed by atoms with Crippen LogP contribution in [0.4, 0.5) is 0 Å². The highest BCUT2D eigenvalue weighted by Gasteiger charge is 2.32. The number of sulfonamides is 1. The van der Waals surface area contributed by atoms with Crippen LogP contribution in [0.1, 0.15) is 17.4 Å². The Bertz CT molecular complexity index is 854. The number of hydrogen-bond donors (Lipinski definition) is 0. The van der Waals surface area contributed by atoms with E-state index in [2.05, 4.69) is 15.0 Å². The quantitative estimate of drug-likeness (QED) is 0.774. The molecule has 2 aromatic rings. The van der Waals surface area contributed by atoms with Gasteiger partial charge in [-0.15, -0.1) is 0 Å². The van der Waals surface area contributed by atoms with Crippen molar-refractivity contribution in [3.63, 3.8) is 0 Å². The molecule has 1 atom stereocenters. The first-order valence-corrected chi connectivity index (χ1v) is 9.05. The van der Waals surface area contributed by atoms with Crippen molar-refractivity contribution < 1.29 is 13.2 Å². The second-order valence-corrected chi connectivity index (χ2v) is 7.50. The average Bonchev–Trinajstić information content (AvgIpc) is 2.52. The molecule has 1 aliphatic rings. The zero-order valence-corrected chi connectivity index (χ0v) is 13.7. The van der Waals surface area contributed by atoms with Gasteiger partial charge in [0, 0.05) is 38.1 Å². The van der Waals surface area contributed by atoms with Gasteiger partial charge in [-0.05, 0) is 19.1 Å². The van der Waals surface area contributed by atoms with Gasteiger partial charge in [-0.2, -0.15) is 4.31 Å². The van der Waals surface area contributed by atoms with Gasteiger partial charge in [0.1, 0.15) is 11.2 Å². The summed E-state index contributed by atoms with van der Waals surface area (Å²) >= 11 is 0. The molecule has 0 aromatic carbocycles. The third-order valence-corrected chi connectivity index (χ3v) is 5.22. The molecular weight excluding hydrogens is 318 g/mol. The summed E-state index contributed by atoms with van der Waals surface area (Å²) in [5.74, 6) is -0.224. The van der Waals surface area contributed by atoms with Crippen LogP contribution in [-0.4, -0.2) is 70.4 Å². The second-order valence-electron chi connectivity index (χ2n) is 5.57. The molecule has 3 rings (SSSR count). The molecule has 2 aromatic heterocycles. The van der Waals surface area contributed by atoms with E-state index in [-0.39, 0.29) is 17.6 Å². The Hall–Kier alpha value is -2.13. The summed E-state index contributed by atoms with van der Waals surface area (Å²) in [6, 6.07) is 3.06. The van der Waals surface area contributed by atoms with Gasteiger partial charge in [-0.1, -0.05) is 0 Å². The lowest BCUT2D eigenvalue weighted by atomic mass is 10.2. The van der Waals surface area contributed by atoms with Crippen LogP contribution >= 0.6 is 0 Å². The lowest BCUT2D eigenvalue weighted by Gasteiger charge is -2.38. The Labute approximate surface area is 134 Å². The van der Waals surface area contributed by atoms with Gasteiger partial charge in [0.05, 0.1) is 6.26 Å². The molecule has 1 amide bonds. The molecule has 1 saturated heterocycles. The fourth-order valence-electron chi connectivity index (χ4n) is 2.75. The average molecular weight is 335 g/mol. The molecule has 0 radical (unpaired) electrons. The lowest BCUT2D eigenvalue weighted by molar-refractivity contribution is 0.0637. The molecule has 0 aliphatic carbocycles. The molecule has 9 heteroatoms. The third kappa shape index (κ3) is 3.15. The second kappa shape index (κ2) is 5.82. The van der Waals surface area contributed by atoms with Gasteiger partial charge in [-0.3, -0.25) is 9.78 Å². The summed E-state index contributed by atoms with van der Waals surface area (Å²) in [4.78, 5) is 26.7. The Morgan fingerprint density at radius 2 is 1.96 bits per heavy atom. The number of aromatic nitrogens is 3. The number of carbonyl (C=O) groups excluding carboxylic acids is 1. The van der Waals surface area contributed by atoms with Crippen LogP contribution in [0.3, 0.4) is 0 Å². The Morgan fingerprint density at radius 3 is 2.65 bits per heavy atom. The standard InChI is InChI=1S/C14H17N5O3S/c1-10-9-18(7-8-19(10)23(2,21)22)14(20)12-4-3-11-13(17-12)16-6-5-15-11/h3-6,10H,7-9H2,1-2H3/t10-/m0/s1. The van der Waals surface area contributed by atoms with Gasteiger partial charge in [0.2, 0.25) is 10.0 Å². The first kappa shape index (κ1) is 15.8. The smallest absolute Gasteiger partial charge is 0.272 e. The molecule has 0 bridgehead atoms. The lowest BCUT2D eigenvalue weighted by Crippen LogP contribution is -2.55. The van der Waals surface area contributed by atoms with Crippen molar-refractivity contribution in [1.29, 1.82) is 0 Å². The molecule has 0 saturated carbocycles. The summed E-state index contributed by atoms with van der Waals surface area (Å²) in [6.45, 7) is 2.77. The van der Waals surface area contributed by atoms with E-state index in [1.165, 1.54) is 16.8 Å². The fourth-order valence-corrected chi connectivity index (χ4v) is 3.89. The highest BCUT2D eigenvalue weighted by Crippen LogP contribution is 2.16. The first-order chi connectivity index (χ1) is 10.9. The van der Waals surface area contributed by atoms with E-state index in [4.69, 9.17) is 0 Å². The van der Waals surface area contributed by atoms with Crippen molar-refractivity contribution in [2.24, 2.45) is 0 Å². The van der Waals surface area contributed by atoms with Gasteiger partial charge >= 0.3 is 0 Å². The monoisotopic (exact) mass is 335 g/mol. The molecule has 23 heavy (non-hydrogen) atoms. The predicted molar refractivity (Wildman–Crippen MR) is 84.2 cm³/mol. The molecule has 0 spiro atoms. The number of carbonyl (C=O) groups is 1. The number of pyridine rings is 1. The maximum atomic E-state index is 12.6. The topological polar surface area (TPSA) is 96.4 Å². The van der Waals surface area contributed by atoms with Crippen LogP contribution in [0.2, 0.25) is 0 Å². The van der Waals surface area contributed by atoms with Crippen LogP contribution in [0.5, 0.6) is 0 Å². The highest BCUT2D eigenvalue weighted by atomic mass is 32.2. The molecule has 3 heterocycles. The minimum Gasteiger partial charge on any atom is -0.334 e. The Morgan fingerprint density at radius 1 is 1.22 bits per heavy atom. The number of amides is 1. The summed E-state index contributed by atoms with van der Waals surface area (Å²) in [6.07, 6.45) is 4.28. The van der Waals surface area contributed by atoms with E-state index >= 15 is 0 Å². The van der Waals surface area contributed by atoms with Crippen molar-refractivity contribution in [2.75, 3.05) is 25.9 Å². The van der Waals surface area contributed by atoms with Crippen molar-refractivity contribution in [1.82, 2.24) is 24.2 Å². The Balaban J connectivity index is 1.80. The molecule has 0 N–H and O–H groups in total. The van der Waals surface area contributed by atoms with Crippen molar-refractivity contribution in [3.05, 3.63) is 30.2 Å². The van der Waals surface area contributed by atoms with Gasteiger partial charge < -0.3 is 4.90 Å². The first-order valence-electron chi connectivity index (χ1n) is 7.20. The van der Waals surface area contributed by atoms with Crippen LogP contribution in [0.15, 0.2) is 24.5 Å². The normalized spacial score (nSPS) is 19.9. The van der Waals surface area contributed by atoms with Crippen LogP contribution in [-0.2, 0) is 10.0 Å². The van der Waals surface area contributed by atoms with E-state index in [0.717, 1.165) is 0 Å². The van der Waals surface area contributed by atoms with Crippen LogP contribution in [0, 0.1) is 0 Å². The zero-order chi connectivity index (χ0) is 16.6. The summed E-state index contributed by atoms with van der Waals surface area (Å²) < 4.78 is 24.8. The van der Waals surface area contributed by atoms with Crippen molar-refractivity contribution >= 4 is 27.1 Å². The maximum absolute atomic E-state index is 12.6. The molecular formula is C14H17N5O3S.